The summed E-state index contributed by atoms with van der Waals surface area (Å²) in [5.74, 6) is -0.192. The predicted molar refractivity (Wildman–Crippen MR) is 79.9 cm³/mol. The first kappa shape index (κ1) is 15.6. The van der Waals surface area contributed by atoms with E-state index in [-0.39, 0.29) is 16.6 Å². The monoisotopic (exact) mass is 312 g/mol. The summed E-state index contributed by atoms with van der Waals surface area (Å²) in [6.45, 7) is 2.67. The van der Waals surface area contributed by atoms with Gasteiger partial charge in [-0.15, -0.1) is 0 Å². The van der Waals surface area contributed by atoms with E-state index in [0.717, 1.165) is 12.8 Å². The Morgan fingerprint density at radius 2 is 1.95 bits per heavy atom. The van der Waals surface area contributed by atoms with Gasteiger partial charge in [0.25, 0.3) is 0 Å². The Bertz CT molecular complexity index is 636. The maximum Gasteiger partial charge on any atom is 0.241 e. The number of methoxy groups -OCH3 is 1. The van der Waals surface area contributed by atoms with E-state index >= 15 is 0 Å². The first-order valence-corrected chi connectivity index (χ1v) is 8.38. The number of hydrogen-bond acceptors (Lipinski definition) is 5. The minimum Gasteiger partial charge on any atom is -0.495 e. The van der Waals surface area contributed by atoms with Crippen LogP contribution < -0.4 is 10.5 Å². The third-order valence-electron chi connectivity index (χ3n) is 3.73. The molecule has 1 saturated heterocycles. The maximum atomic E-state index is 12.7. The first-order valence-electron chi connectivity index (χ1n) is 6.84. The van der Waals surface area contributed by atoms with Gasteiger partial charge < -0.3 is 15.4 Å². The van der Waals surface area contributed by atoms with E-state index < -0.39 is 15.1 Å². The van der Waals surface area contributed by atoms with Crippen LogP contribution in [0.15, 0.2) is 23.1 Å². The van der Waals surface area contributed by atoms with Gasteiger partial charge >= 0.3 is 0 Å². The zero-order valence-corrected chi connectivity index (χ0v) is 13.0. The van der Waals surface area contributed by atoms with Crippen molar-refractivity contribution in [2.45, 2.75) is 29.9 Å². The molecule has 6 nitrogen and oxygen atoms in total. The van der Waals surface area contributed by atoms with Crippen molar-refractivity contribution in [3.8, 4) is 5.75 Å². The van der Waals surface area contributed by atoms with Gasteiger partial charge in [0.15, 0.2) is 9.84 Å². The topological polar surface area (TPSA) is 89.7 Å². The van der Waals surface area contributed by atoms with E-state index in [1.54, 1.807) is 4.90 Å². The highest BCUT2D eigenvalue weighted by atomic mass is 32.2. The number of sulfone groups is 1. The molecule has 1 amide bonds. The largest absolute Gasteiger partial charge is 0.495 e. The summed E-state index contributed by atoms with van der Waals surface area (Å²) >= 11 is 0. The summed E-state index contributed by atoms with van der Waals surface area (Å²) in [6.07, 6.45) is 1.84. The first-order chi connectivity index (χ1) is 9.87. The van der Waals surface area contributed by atoms with Gasteiger partial charge in [0.1, 0.15) is 15.9 Å². The fraction of sp³-hybridized carbons (Fsp3) is 0.500. The van der Waals surface area contributed by atoms with E-state index in [1.807, 2.05) is 0 Å². The Balaban J connectivity index is 2.35. The molecule has 1 fully saturated rings. The molecule has 1 atom stereocenters. The number of nitrogens with two attached hydrogens (primary N) is 1. The number of anilines is 1. The molecule has 2 N–H and O–H groups in total. The van der Waals surface area contributed by atoms with Crippen LogP contribution in [-0.2, 0) is 14.6 Å². The Morgan fingerprint density at radius 1 is 1.33 bits per heavy atom. The van der Waals surface area contributed by atoms with E-state index in [0.29, 0.717) is 18.8 Å². The fourth-order valence-electron chi connectivity index (χ4n) is 2.44. The third-order valence-corrected chi connectivity index (χ3v) is 5.81. The lowest BCUT2D eigenvalue weighted by atomic mass is 10.3. The number of carbonyl (C=O) groups is 1. The number of rotatable bonds is 4. The maximum absolute atomic E-state index is 12.7. The SMILES string of the molecule is COc1cc(N)ccc1S(=O)(=O)C(C)C(=O)N1CCCC1. The molecule has 116 valence electrons. The summed E-state index contributed by atoms with van der Waals surface area (Å²) in [5, 5.41) is -1.13. The van der Waals surface area contributed by atoms with Crippen molar-refractivity contribution in [3.05, 3.63) is 18.2 Å². The lowest BCUT2D eigenvalue weighted by Crippen LogP contribution is -2.40. The van der Waals surface area contributed by atoms with Crippen LogP contribution in [0.25, 0.3) is 0 Å². The second-order valence-electron chi connectivity index (χ2n) is 5.13. The van der Waals surface area contributed by atoms with E-state index in [2.05, 4.69) is 0 Å². The molecule has 0 bridgehead atoms. The van der Waals surface area contributed by atoms with Gasteiger partial charge in [-0.25, -0.2) is 8.42 Å². The molecular formula is C14H20N2O4S. The summed E-state index contributed by atoms with van der Waals surface area (Å²) in [4.78, 5) is 13.9. The zero-order valence-electron chi connectivity index (χ0n) is 12.2. The van der Waals surface area contributed by atoms with Gasteiger partial charge in [0.05, 0.1) is 7.11 Å². The average Bonchev–Trinajstić information content (AvgIpc) is 2.99. The van der Waals surface area contributed by atoms with Crippen LogP contribution in [0.5, 0.6) is 5.75 Å². The number of carbonyl (C=O) groups excluding carboxylic acids is 1. The molecule has 1 aromatic rings. The molecule has 1 unspecified atom stereocenters. The molecule has 0 radical (unpaired) electrons. The van der Waals surface area contributed by atoms with Crippen molar-refractivity contribution in [2.75, 3.05) is 25.9 Å². The Morgan fingerprint density at radius 3 is 2.52 bits per heavy atom. The molecule has 21 heavy (non-hydrogen) atoms. The Kier molecular flexibility index (Phi) is 4.41. The smallest absolute Gasteiger partial charge is 0.241 e. The summed E-state index contributed by atoms with van der Waals surface area (Å²) in [5.41, 5.74) is 6.04. The molecule has 0 saturated carbocycles. The van der Waals surface area contributed by atoms with Crippen molar-refractivity contribution in [1.82, 2.24) is 4.90 Å². The number of nitrogen functional groups attached to an aromatic ring is 1. The lowest BCUT2D eigenvalue weighted by Gasteiger charge is -2.21. The molecule has 1 aliphatic rings. The minimum absolute atomic E-state index is 0.000697. The van der Waals surface area contributed by atoms with Crippen LogP contribution in [-0.4, -0.2) is 44.7 Å². The Labute approximate surface area is 124 Å². The molecule has 0 aromatic heterocycles. The van der Waals surface area contributed by atoms with Crippen LogP contribution in [0.3, 0.4) is 0 Å². The van der Waals surface area contributed by atoms with Crippen LogP contribution in [0.2, 0.25) is 0 Å². The molecule has 1 heterocycles. The predicted octanol–water partition coefficient (Wildman–Crippen LogP) is 1.06. The zero-order chi connectivity index (χ0) is 15.6. The highest BCUT2D eigenvalue weighted by molar-refractivity contribution is 7.92. The average molecular weight is 312 g/mol. The highest BCUT2D eigenvalue weighted by Gasteiger charge is 2.35. The minimum atomic E-state index is -3.81. The molecule has 0 spiro atoms. The van der Waals surface area contributed by atoms with Crippen molar-refractivity contribution in [2.24, 2.45) is 0 Å². The third kappa shape index (κ3) is 2.97. The molecule has 1 aromatic carbocycles. The molecular weight excluding hydrogens is 292 g/mol. The van der Waals surface area contributed by atoms with Crippen LogP contribution in [0.4, 0.5) is 5.69 Å². The summed E-state index contributed by atoms with van der Waals surface area (Å²) in [7, 11) is -2.43. The van der Waals surface area contributed by atoms with Crippen molar-refractivity contribution >= 4 is 21.4 Å². The highest BCUT2D eigenvalue weighted by Crippen LogP contribution is 2.29. The number of nitrogens with zero attached hydrogens (tertiary/aromatic N) is 1. The second kappa shape index (κ2) is 5.93. The van der Waals surface area contributed by atoms with Crippen molar-refractivity contribution in [3.63, 3.8) is 0 Å². The van der Waals surface area contributed by atoms with Crippen LogP contribution in [0, 0.1) is 0 Å². The van der Waals surface area contributed by atoms with E-state index in [4.69, 9.17) is 10.5 Å². The second-order valence-corrected chi connectivity index (χ2v) is 7.37. The number of ether oxygens (including phenoxy) is 1. The van der Waals surface area contributed by atoms with Gasteiger partial charge in [0.2, 0.25) is 5.91 Å². The quantitative estimate of drug-likeness (QED) is 0.840. The molecule has 1 aliphatic heterocycles. The standard InChI is InChI=1S/C14H20N2O4S/c1-10(14(17)16-7-3-4-8-16)21(18,19)13-6-5-11(15)9-12(13)20-2/h5-6,9-10H,3-4,7-8,15H2,1-2H3. The van der Waals surface area contributed by atoms with Crippen LogP contribution in [0.1, 0.15) is 19.8 Å². The number of benzene rings is 1. The molecule has 7 heteroatoms. The lowest BCUT2D eigenvalue weighted by molar-refractivity contribution is -0.129. The summed E-state index contributed by atoms with van der Waals surface area (Å²) < 4.78 is 30.4. The van der Waals surface area contributed by atoms with Gasteiger partial charge in [-0.3, -0.25) is 4.79 Å². The van der Waals surface area contributed by atoms with E-state index in [1.165, 1.54) is 32.2 Å². The van der Waals surface area contributed by atoms with Crippen molar-refractivity contribution in [1.29, 1.82) is 0 Å². The molecule has 0 aliphatic carbocycles. The van der Waals surface area contributed by atoms with Crippen molar-refractivity contribution < 1.29 is 17.9 Å². The fourth-order valence-corrected chi connectivity index (χ4v) is 3.91. The number of likely N-dealkylation sites (tertiary alicyclic amines) is 1. The normalized spacial score (nSPS) is 16.8. The number of amides is 1. The Hall–Kier alpha value is -1.76. The van der Waals surface area contributed by atoms with Gasteiger partial charge in [-0.05, 0) is 31.9 Å². The summed E-state index contributed by atoms with van der Waals surface area (Å²) in [6, 6.07) is 4.32. The van der Waals surface area contributed by atoms with Gasteiger partial charge in [0, 0.05) is 24.8 Å². The van der Waals surface area contributed by atoms with Crippen LogP contribution >= 0.6 is 0 Å². The van der Waals surface area contributed by atoms with E-state index in [9.17, 15) is 13.2 Å². The van der Waals surface area contributed by atoms with Gasteiger partial charge in [-0.1, -0.05) is 0 Å². The number of hydrogen-bond donors (Lipinski definition) is 1. The van der Waals surface area contributed by atoms with Gasteiger partial charge in [-0.2, -0.15) is 0 Å². The molecule has 2 rings (SSSR count).